The predicted octanol–water partition coefficient (Wildman–Crippen LogP) is 0.510. The first-order valence-electron chi connectivity index (χ1n) is 4.03. The largest absolute Gasteiger partial charge is 0.441 e. The molecule has 0 aliphatic heterocycles. The highest BCUT2D eigenvalue weighted by Gasteiger charge is 2.14. The smallest absolute Gasteiger partial charge is 0.284 e. The van der Waals surface area contributed by atoms with E-state index in [1.807, 2.05) is 0 Å². The number of aromatic amines is 1. The molecule has 0 amide bonds. The molecule has 74 valence electrons. The Balaban J connectivity index is 2.02. The summed E-state index contributed by atoms with van der Waals surface area (Å²) in [4.78, 5) is 7.86. The van der Waals surface area contributed by atoms with E-state index >= 15 is 0 Å². The number of H-pyrrole nitrogens is 1. The number of oxazole rings is 2. The first-order valence-corrected chi connectivity index (χ1v) is 4.03. The van der Waals surface area contributed by atoms with E-state index in [4.69, 9.17) is 8.83 Å². The maximum absolute atomic E-state index is 5.32. The van der Waals surface area contributed by atoms with E-state index in [1.54, 1.807) is 0 Å². The third kappa shape index (κ3) is 1.27. The van der Waals surface area contributed by atoms with E-state index in [0.29, 0.717) is 17.5 Å². The molecule has 1 N–H and O–H groups in total. The van der Waals surface area contributed by atoms with Crippen molar-refractivity contribution in [1.29, 1.82) is 0 Å². The first kappa shape index (κ1) is 7.85. The molecule has 0 spiro atoms. The van der Waals surface area contributed by atoms with Crippen LogP contribution >= 0.6 is 0 Å². The Kier molecular flexibility index (Phi) is 1.58. The number of tetrazole rings is 1. The van der Waals surface area contributed by atoms with Gasteiger partial charge in [-0.05, 0) is 5.21 Å². The van der Waals surface area contributed by atoms with Crippen LogP contribution in [-0.2, 0) is 0 Å². The van der Waals surface area contributed by atoms with Crippen molar-refractivity contribution < 1.29 is 8.83 Å². The van der Waals surface area contributed by atoms with Crippen LogP contribution in [0.2, 0.25) is 0 Å². The van der Waals surface area contributed by atoms with Gasteiger partial charge in [-0.25, -0.2) is 9.97 Å². The fraction of sp³-hybridized carbons (Fsp3) is 0. The number of hydrogen-bond donors (Lipinski definition) is 1. The second-order valence-corrected chi connectivity index (χ2v) is 2.60. The molecule has 3 aromatic heterocycles. The highest BCUT2D eigenvalue weighted by molar-refractivity contribution is 5.48. The molecule has 0 atom stereocenters. The molecule has 0 unspecified atom stereocenters. The lowest BCUT2D eigenvalue weighted by molar-refractivity contribution is 0.514. The zero-order valence-electron chi connectivity index (χ0n) is 7.28. The summed E-state index contributed by atoms with van der Waals surface area (Å²) < 4.78 is 10.3. The molecule has 3 aromatic rings. The van der Waals surface area contributed by atoms with E-state index in [-0.39, 0.29) is 5.89 Å². The van der Waals surface area contributed by atoms with Gasteiger partial charge in [-0.2, -0.15) is 5.21 Å². The lowest BCUT2D eigenvalue weighted by Gasteiger charge is -1.85. The molecule has 8 nitrogen and oxygen atoms in total. The third-order valence-electron chi connectivity index (χ3n) is 1.69. The third-order valence-corrected chi connectivity index (χ3v) is 1.69. The summed E-state index contributed by atoms with van der Waals surface area (Å²) >= 11 is 0. The standard InChI is InChI=1S/C7H4N6O2/c1-2-14-6(8-1)7-9-3-4(15-7)5-10-12-13-11-5/h1-3H,(H,10,11,12,13). The van der Waals surface area contributed by atoms with Crippen molar-refractivity contribution in [3.63, 3.8) is 0 Å². The Bertz CT molecular complexity index is 491. The molecule has 0 saturated heterocycles. The average Bonchev–Trinajstić information content (AvgIpc) is 3.02. The molecule has 0 bridgehead atoms. The zero-order valence-corrected chi connectivity index (χ0v) is 7.28. The Morgan fingerprint density at radius 1 is 1.20 bits per heavy atom. The van der Waals surface area contributed by atoms with E-state index < -0.39 is 0 Å². The summed E-state index contributed by atoms with van der Waals surface area (Å²) in [5.74, 6) is 1.32. The minimum Gasteiger partial charge on any atom is -0.441 e. The van der Waals surface area contributed by atoms with Gasteiger partial charge in [-0.3, -0.25) is 0 Å². The number of aromatic nitrogens is 6. The molecule has 0 saturated carbocycles. The van der Waals surface area contributed by atoms with Crippen LogP contribution < -0.4 is 0 Å². The van der Waals surface area contributed by atoms with Crippen LogP contribution in [0.25, 0.3) is 23.4 Å². The van der Waals surface area contributed by atoms with Crippen molar-refractivity contribution in [3.05, 3.63) is 18.7 Å². The molecule has 0 aliphatic rings. The average molecular weight is 204 g/mol. The zero-order chi connectivity index (χ0) is 10.1. The molecule has 0 aromatic carbocycles. The predicted molar refractivity (Wildman–Crippen MR) is 45.2 cm³/mol. The normalized spacial score (nSPS) is 10.7. The Morgan fingerprint density at radius 2 is 2.20 bits per heavy atom. The van der Waals surface area contributed by atoms with E-state index in [9.17, 15) is 0 Å². The summed E-state index contributed by atoms with van der Waals surface area (Å²) in [5, 5.41) is 13.2. The monoisotopic (exact) mass is 204 g/mol. The van der Waals surface area contributed by atoms with Crippen LogP contribution in [0, 0.1) is 0 Å². The molecule has 3 rings (SSSR count). The Morgan fingerprint density at radius 3 is 2.93 bits per heavy atom. The maximum Gasteiger partial charge on any atom is 0.284 e. The molecule has 0 fully saturated rings. The number of nitrogens with one attached hydrogen (secondary N) is 1. The van der Waals surface area contributed by atoms with Gasteiger partial charge in [0.05, 0.1) is 12.4 Å². The first-order chi connectivity index (χ1) is 7.43. The maximum atomic E-state index is 5.32. The molecule has 8 heteroatoms. The van der Waals surface area contributed by atoms with E-state index in [1.165, 1.54) is 18.7 Å². The lowest BCUT2D eigenvalue weighted by Crippen LogP contribution is -1.76. The minimum atomic E-state index is 0.278. The molecule has 3 heterocycles. The van der Waals surface area contributed by atoms with Gasteiger partial charge in [-0.1, -0.05) is 0 Å². The van der Waals surface area contributed by atoms with Crippen molar-refractivity contribution in [2.45, 2.75) is 0 Å². The van der Waals surface area contributed by atoms with E-state index in [2.05, 4.69) is 30.6 Å². The summed E-state index contributed by atoms with van der Waals surface area (Å²) in [7, 11) is 0. The highest BCUT2D eigenvalue weighted by Crippen LogP contribution is 2.21. The minimum absolute atomic E-state index is 0.278. The van der Waals surface area contributed by atoms with Crippen molar-refractivity contribution in [2.75, 3.05) is 0 Å². The van der Waals surface area contributed by atoms with Gasteiger partial charge in [0.2, 0.25) is 5.82 Å². The fourth-order valence-corrected chi connectivity index (χ4v) is 1.07. The topological polar surface area (TPSA) is 107 Å². The van der Waals surface area contributed by atoms with Crippen molar-refractivity contribution >= 4 is 0 Å². The van der Waals surface area contributed by atoms with Gasteiger partial charge in [0.1, 0.15) is 6.26 Å². The van der Waals surface area contributed by atoms with Crippen LogP contribution in [0.15, 0.2) is 27.5 Å². The van der Waals surface area contributed by atoms with Crippen molar-refractivity contribution in [2.24, 2.45) is 0 Å². The SMILES string of the molecule is c1coc(-c2ncc(-c3nn[nH]n3)o2)n1. The summed E-state index contributed by atoms with van der Waals surface area (Å²) in [6.07, 6.45) is 4.42. The quantitative estimate of drug-likeness (QED) is 0.647. The Hall–Kier alpha value is -2.51. The number of nitrogens with zero attached hydrogens (tertiary/aromatic N) is 5. The highest BCUT2D eigenvalue weighted by atomic mass is 16.4. The molecule has 0 radical (unpaired) electrons. The van der Waals surface area contributed by atoms with Crippen LogP contribution in [-0.4, -0.2) is 30.6 Å². The summed E-state index contributed by atoms with van der Waals surface area (Å²) in [6.45, 7) is 0. The van der Waals surface area contributed by atoms with Crippen LogP contribution in [0.3, 0.4) is 0 Å². The second-order valence-electron chi connectivity index (χ2n) is 2.60. The number of rotatable bonds is 2. The molecule has 0 aliphatic carbocycles. The van der Waals surface area contributed by atoms with Gasteiger partial charge >= 0.3 is 0 Å². The van der Waals surface area contributed by atoms with Gasteiger partial charge < -0.3 is 8.83 Å². The molecule has 15 heavy (non-hydrogen) atoms. The second kappa shape index (κ2) is 3.01. The number of hydrogen-bond acceptors (Lipinski definition) is 7. The van der Waals surface area contributed by atoms with E-state index in [0.717, 1.165) is 0 Å². The summed E-state index contributed by atoms with van der Waals surface area (Å²) in [5.41, 5.74) is 0. The van der Waals surface area contributed by atoms with Gasteiger partial charge in [0, 0.05) is 0 Å². The van der Waals surface area contributed by atoms with Crippen LogP contribution in [0.5, 0.6) is 0 Å². The lowest BCUT2D eigenvalue weighted by atomic mass is 10.5. The van der Waals surface area contributed by atoms with Crippen molar-refractivity contribution in [3.8, 4) is 23.4 Å². The molecular formula is C7H4N6O2. The van der Waals surface area contributed by atoms with Crippen molar-refractivity contribution in [1.82, 2.24) is 30.6 Å². The summed E-state index contributed by atoms with van der Waals surface area (Å²) in [6, 6.07) is 0. The van der Waals surface area contributed by atoms with Gasteiger partial charge in [0.15, 0.2) is 5.76 Å². The Labute approximate surface area is 82.3 Å². The van der Waals surface area contributed by atoms with Gasteiger partial charge in [-0.15, -0.1) is 10.2 Å². The van der Waals surface area contributed by atoms with Crippen LogP contribution in [0.1, 0.15) is 0 Å². The molecular weight excluding hydrogens is 200 g/mol. The fourth-order valence-electron chi connectivity index (χ4n) is 1.07. The van der Waals surface area contributed by atoms with Crippen LogP contribution in [0.4, 0.5) is 0 Å². The van der Waals surface area contributed by atoms with Gasteiger partial charge in [0.25, 0.3) is 11.8 Å².